The lowest BCUT2D eigenvalue weighted by Gasteiger charge is -2.14. The van der Waals surface area contributed by atoms with E-state index in [4.69, 9.17) is 16.3 Å². The highest BCUT2D eigenvalue weighted by atomic mass is 35.5. The average Bonchev–Trinajstić information content (AvgIpc) is 2.39. The van der Waals surface area contributed by atoms with E-state index in [2.05, 4.69) is 6.07 Å². The van der Waals surface area contributed by atoms with Crippen molar-refractivity contribution in [3.05, 3.63) is 52.0 Å². The van der Waals surface area contributed by atoms with Crippen LogP contribution in [0, 0.1) is 13.8 Å². The molecule has 2 aromatic carbocycles. The Balaban J connectivity index is 2.67. The summed E-state index contributed by atoms with van der Waals surface area (Å²) in [5.41, 5.74) is 4.66. The van der Waals surface area contributed by atoms with Crippen molar-refractivity contribution < 1.29 is 9.53 Å². The summed E-state index contributed by atoms with van der Waals surface area (Å²) < 4.78 is 5.44. The number of rotatable bonds is 3. The topological polar surface area (TPSA) is 26.3 Å². The zero-order valence-electron chi connectivity index (χ0n) is 11.2. The fraction of sp³-hybridized carbons (Fsp3) is 0.188. The lowest BCUT2D eigenvalue weighted by molar-refractivity contribution is 0.112. The zero-order valence-corrected chi connectivity index (χ0v) is 11.9. The van der Waals surface area contributed by atoms with Crippen molar-refractivity contribution in [3.8, 4) is 16.9 Å². The summed E-state index contributed by atoms with van der Waals surface area (Å²) in [6.07, 6.45) is 0.766. The van der Waals surface area contributed by atoms with E-state index in [0.717, 1.165) is 34.3 Å². The largest absolute Gasteiger partial charge is 0.496 e. The number of hydrogen-bond acceptors (Lipinski definition) is 2. The summed E-state index contributed by atoms with van der Waals surface area (Å²) in [4.78, 5) is 11.0. The maximum Gasteiger partial charge on any atom is 0.151 e. The molecule has 0 radical (unpaired) electrons. The van der Waals surface area contributed by atoms with Crippen LogP contribution in [-0.2, 0) is 0 Å². The van der Waals surface area contributed by atoms with Gasteiger partial charge in [-0.3, -0.25) is 4.79 Å². The molecule has 0 heterocycles. The molecule has 19 heavy (non-hydrogen) atoms. The monoisotopic (exact) mass is 274 g/mol. The minimum atomic E-state index is 0.461. The molecule has 0 aliphatic heterocycles. The van der Waals surface area contributed by atoms with Crippen LogP contribution in [-0.4, -0.2) is 13.4 Å². The second-order valence-corrected chi connectivity index (χ2v) is 4.92. The number of hydrogen-bond donors (Lipinski definition) is 0. The Bertz CT molecular complexity index is 633. The minimum Gasteiger partial charge on any atom is -0.496 e. The van der Waals surface area contributed by atoms with Crippen LogP contribution in [0.1, 0.15) is 21.5 Å². The summed E-state index contributed by atoms with van der Waals surface area (Å²) in [6.45, 7) is 4.05. The van der Waals surface area contributed by atoms with Gasteiger partial charge in [-0.05, 0) is 48.7 Å². The van der Waals surface area contributed by atoms with E-state index < -0.39 is 0 Å². The van der Waals surface area contributed by atoms with Gasteiger partial charge in [0, 0.05) is 11.1 Å². The molecule has 0 fully saturated rings. The van der Waals surface area contributed by atoms with Crippen molar-refractivity contribution >= 4 is 17.9 Å². The molecule has 0 amide bonds. The van der Waals surface area contributed by atoms with Crippen molar-refractivity contribution in [2.24, 2.45) is 0 Å². The average molecular weight is 275 g/mol. The molecule has 0 atom stereocenters. The second-order valence-electron chi connectivity index (χ2n) is 4.51. The number of carbonyl (C=O) groups excluding carboxylic acids is 1. The maximum atomic E-state index is 11.0. The van der Waals surface area contributed by atoms with Gasteiger partial charge >= 0.3 is 0 Å². The molecule has 0 unspecified atom stereocenters. The summed E-state index contributed by atoms with van der Waals surface area (Å²) >= 11 is 5.96. The Kier molecular flexibility index (Phi) is 3.91. The summed E-state index contributed by atoms with van der Waals surface area (Å²) in [5, 5.41) is 0.461. The van der Waals surface area contributed by atoms with E-state index in [-0.39, 0.29) is 0 Å². The van der Waals surface area contributed by atoms with E-state index in [1.54, 1.807) is 19.2 Å². The van der Waals surface area contributed by atoms with Crippen molar-refractivity contribution in [1.29, 1.82) is 0 Å². The molecular formula is C16H15ClO2. The molecule has 2 aromatic rings. The van der Waals surface area contributed by atoms with Crippen molar-refractivity contribution in [2.75, 3.05) is 7.11 Å². The fourth-order valence-electron chi connectivity index (χ4n) is 2.25. The lowest BCUT2D eigenvalue weighted by Crippen LogP contribution is -1.94. The number of benzene rings is 2. The first-order valence-electron chi connectivity index (χ1n) is 5.97. The highest BCUT2D eigenvalue weighted by Crippen LogP contribution is 2.35. The van der Waals surface area contributed by atoms with Crippen LogP contribution in [0.25, 0.3) is 11.1 Å². The van der Waals surface area contributed by atoms with Crippen LogP contribution in [0.2, 0.25) is 5.02 Å². The molecule has 0 bridgehead atoms. The Hall–Kier alpha value is -1.80. The van der Waals surface area contributed by atoms with Gasteiger partial charge in [0.05, 0.1) is 12.1 Å². The van der Waals surface area contributed by atoms with Gasteiger partial charge in [-0.2, -0.15) is 0 Å². The van der Waals surface area contributed by atoms with Crippen molar-refractivity contribution in [2.45, 2.75) is 13.8 Å². The second kappa shape index (κ2) is 5.45. The first-order chi connectivity index (χ1) is 9.06. The predicted molar refractivity (Wildman–Crippen MR) is 78.3 cm³/mol. The predicted octanol–water partition coefficient (Wildman–Crippen LogP) is 4.44. The SMILES string of the molecule is COc1cc(C)cc(C)c1-c1ccc(Cl)c(C=O)c1. The number of halogens is 1. The van der Waals surface area contributed by atoms with E-state index in [1.165, 1.54) is 0 Å². The van der Waals surface area contributed by atoms with Gasteiger partial charge in [-0.1, -0.05) is 23.7 Å². The van der Waals surface area contributed by atoms with E-state index >= 15 is 0 Å². The van der Waals surface area contributed by atoms with Crippen LogP contribution >= 0.6 is 11.6 Å². The minimum absolute atomic E-state index is 0.461. The van der Waals surface area contributed by atoms with Crippen LogP contribution < -0.4 is 4.74 Å². The Morgan fingerprint density at radius 1 is 1.16 bits per heavy atom. The normalized spacial score (nSPS) is 10.3. The molecule has 2 rings (SSSR count). The maximum absolute atomic E-state index is 11.0. The van der Waals surface area contributed by atoms with E-state index in [0.29, 0.717) is 10.6 Å². The number of ether oxygens (including phenoxy) is 1. The van der Waals surface area contributed by atoms with Crippen molar-refractivity contribution in [3.63, 3.8) is 0 Å². The van der Waals surface area contributed by atoms with Crippen molar-refractivity contribution in [1.82, 2.24) is 0 Å². The quantitative estimate of drug-likeness (QED) is 0.773. The number of aldehydes is 1. The van der Waals surface area contributed by atoms with Gasteiger partial charge in [-0.25, -0.2) is 0 Å². The standard InChI is InChI=1S/C16H15ClO2/c1-10-6-11(2)16(15(7-10)19-3)12-4-5-14(17)13(8-12)9-18/h4-9H,1-3H3. The van der Waals surface area contributed by atoms with Gasteiger partial charge in [0.2, 0.25) is 0 Å². The molecule has 0 saturated heterocycles. The highest BCUT2D eigenvalue weighted by molar-refractivity contribution is 6.33. The van der Waals surface area contributed by atoms with Crippen LogP contribution in [0.5, 0.6) is 5.75 Å². The first-order valence-corrected chi connectivity index (χ1v) is 6.35. The number of aryl methyl sites for hydroxylation is 2. The van der Waals surface area contributed by atoms with Gasteiger partial charge < -0.3 is 4.74 Å². The smallest absolute Gasteiger partial charge is 0.151 e. The molecule has 0 saturated carbocycles. The number of methoxy groups -OCH3 is 1. The third kappa shape index (κ3) is 2.64. The Morgan fingerprint density at radius 3 is 2.53 bits per heavy atom. The summed E-state index contributed by atoms with van der Waals surface area (Å²) in [5.74, 6) is 0.802. The molecule has 2 nitrogen and oxygen atoms in total. The molecule has 0 N–H and O–H groups in total. The van der Waals surface area contributed by atoms with E-state index in [1.807, 2.05) is 26.0 Å². The third-order valence-corrected chi connectivity index (χ3v) is 3.42. The fourth-order valence-corrected chi connectivity index (χ4v) is 2.41. The first kappa shape index (κ1) is 13.6. The van der Waals surface area contributed by atoms with Gasteiger partial charge in [-0.15, -0.1) is 0 Å². The van der Waals surface area contributed by atoms with Crippen LogP contribution in [0.4, 0.5) is 0 Å². The molecule has 0 aliphatic rings. The molecule has 98 valence electrons. The Labute approximate surface area is 118 Å². The molecule has 0 aliphatic carbocycles. The molecule has 3 heteroatoms. The number of carbonyl (C=O) groups is 1. The van der Waals surface area contributed by atoms with Gasteiger partial charge in [0.1, 0.15) is 5.75 Å². The van der Waals surface area contributed by atoms with Gasteiger partial charge in [0.25, 0.3) is 0 Å². The van der Waals surface area contributed by atoms with Gasteiger partial charge in [0.15, 0.2) is 6.29 Å². The molecule has 0 aromatic heterocycles. The molecule has 0 spiro atoms. The van der Waals surface area contributed by atoms with E-state index in [9.17, 15) is 4.79 Å². The third-order valence-electron chi connectivity index (χ3n) is 3.08. The van der Waals surface area contributed by atoms with Crippen LogP contribution in [0.3, 0.4) is 0 Å². The summed E-state index contributed by atoms with van der Waals surface area (Å²) in [6, 6.07) is 9.50. The highest BCUT2D eigenvalue weighted by Gasteiger charge is 2.11. The van der Waals surface area contributed by atoms with Crippen LogP contribution in [0.15, 0.2) is 30.3 Å². The lowest BCUT2D eigenvalue weighted by atomic mass is 9.96. The zero-order chi connectivity index (χ0) is 14.0. The summed E-state index contributed by atoms with van der Waals surface area (Å²) in [7, 11) is 1.65. The molecular weight excluding hydrogens is 260 g/mol. The Morgan fingerprint density at radius 2 is 1.89 bits per heavy atom.